The summed E-state index contributed by atoms with van der Waals surface area (Å²) in [6.07, 6.45) is -7.31. The number of carbonyl (C=O) groups is 2. The maximum atomic E-state index is 13.2. The smallest absolute Gasteiger partial charge is 0.480 e. The average Bonchev–Trinajstić information content (AvgIpc) is 3.27. The molecule has 0 saturated carbocycles. The molecule has 0 aliphatic heterocycles. The third-order valence-corrected chi connectivity index (χ3v) is 14.5. The normalized spacial score (nSPS) is 12.0. The number of carboxylic acids is 1. The van der Waals surface area contributed by atoms with Crippen LogP contribution in [0.1, 0.15) is 27.7 Å². The Morgan fingerprint density at radius 1 is 0.592 bits per heavy atom. The van der Waals surface area contributed by atoms with E-state index >= 15 is 0 Å². The third kappa shape index (κ3) is 15.5. The molecule has 0 radical (unpaired) electrons. The number of nitrogens with one attached hydrogen (secondary N) is 1. The van der Waals surface area contributed by atoms with Gasteiger partial charge in [0.15, 0.2) is 24.4 Å². The van der Waals surface area contributed by atoms with Crippen LogP contribution in [0.25, 0.3) is 0 Å². The van der Waals surface area contributed by atoms with E-state index in [0.29, 0.717) is 29.4 Å². The number of halogens is 10. The van der Waals surface area contributed by atoms with Gasteiger partial charge in [0.2, 0.25) is 17.7 Å². The molecule has 71 heavy (non-hydrogen) atoms. The van der Waals surface area contributed by atoms with E-state index in [2.05, 4.69) is 24.8 Å². The second kappa shape index (κ2) is 22.4. The van der Waals surface area contributed by atoms with Crippen molar-refractivity contribution in [3.05, 3.63) is 143 Å². The highest BCUT2D eigenvalue weighted by Crippen LogP contribution is 2.33. The van der Waals surface area contributed by atoms with Gasteiger partial charge in [-0.05, 0) is 100 Å². The number of pyridine rings is 2. The van der Waals surface area contributed by atoms with Crippen LogP contribution < -0.4 is 30.0 Å². The summed E-state index contributed by atoms with van der Waals surface area (Å²) in [4.78, 5) is 30.6. The van der Waals surface area contributed by atoms with Gasteiger partial charge >= 0.3 is 18.7 Å². The van der Waals surface area contributed by atoms with Crippen LogP contribution in [-0.4, -0.2) is 66.0 Å². The quantitative estimate of drug-likeness (QED) is 0.0916. The van der Waals surface area contributed by atoms with Gasteiger partial charge in [0.05, 0.1) is 43.6 Å². The standard InChI is InChI=1S/C22H17ClF4N2O5S.C11H8ClFN2O.C11H11F3O5S/c1-21(2,35(31,32)16-5-3-4-15(10-16)34-22(25,26)27)20(30)29-13-6-9-19(28-12-13)33-14-7-8-18(24)17(23)11-14;12-9-5-8(2-3-10(9)13)16-11-4-1-7(14)6-15-11;1-10(2,9(15)16)20(17,18)8-5-3-4-7(6-8)19-11(12,13)14/h3-12H,1-2H3,(H,29,30);1-6H,14H2;3-6H,1-2H3,(H,15,16). The summed E-state index contributed by atoms with van der Waals surface area (Å²) in [7, 11) is -8.80. The average molecular weight is 1080 g/mol. The maximum absolute atomic E-state index is 13.2. The summed E-state index contributed by atoms with van der Waals surface area (Å²) < 4.78 is 164. The Labute approximate surface area is 408 Å². The van der Waals surface area contributed by atoms with Crippen molar-refractivity contribution in [1.29, 1.82) is 0 Å². The molecule has 15 nitrogen and oxygen atoms in total. The number of carbonyl (C=O) groups excluding carboxylic acids is 1. The molecule has 0 unspecified atom stereocenters. The number of hydrogen-bond donors (Lipinski definition) is 3. The number of aromatic nitrogens is 2. The van der Waals surface area contributed by atoms with Crippen molar-refractivity contribution in [2.75, 3.05) is 11.1 Å². The molecule has 0 saturated heterocycles. The number of amides is 1. The fourth-order valence-corrected chi connectivity index (χ4v) is 8.18. The highest BCUT2D eigenvalue weighted by molar-refractivity contribution is 7.94. The van der Waals surface area contributed by atoms with Gasteiger partial charge in [-0.1, -0.05) is 35.3 Å². The molecule has 4 aromatic carbocycles. The van der Waals surface area contributed by atoms with E-state index in [1.807, 2.05) is 0 Å². The molecule has 0 bridgehead atoms. The van der Waals surface area contributed by atoms with Gasteiger partial charge in [0, 0.05) is 24.3 Å². The maximum Gasteiger partial charge on any atom is 0.573 e. The number of carboxylic acid groups (broad SMARTS) is 1. The van der Waals surface area contributed by atoms with Crippen LogP contribution in [0.3, 0.4) is 0 Å². The molecular weight excluding hydrogens is 1050 g/mol. The van der Waals surface area contributed by atoms with Crippen molar-refractivity contribution in [3.8, 4) is 34.8 Å². The number of hydrogen-bond acceptors (Lipinski definition) is 13. The van der Waals surface area contributed by atoms with Crippen molar-refractivity contribution in [2.45, 2.75) is 59.7 Å². The molecular formula is C44H36Cl2F8N4O11S2. The Balaban J connectivity index is 0.000000256. The van der Waals surface area contributed by atoms with Crippen molar-refractivity contribution in [2.24, 2.45) is 0 Å². The summed E-state index contributed by atoms with van der Waals surface area (Å²) in [6, 6.07) is 21.1. The lowest BCUT2D eigenvalue weighted by Crippen LogP contribution is -2.44. The molecule has 0 fully saturated rings. The Kier molecular flexibility index (Phi) is 17.9. The Bertz CT molecular complexity index is 3090. The van der Waals surface area contributed by atoms with Crippen LogP contribution in [0.15, 0.2) is 131 Å². The van der Waals surface area contributed by atoms with Gasteiger partial charge in [-0.2, -0.15) is 0 Å². The van der Waals surface area contributed by atoms with Gasteiger partial charge in [-0.25, -0.2) is 35.6 Å². The molecule has 0 aliphatic carbocycles. The summed E-state index contributed by atoms with van der Waals surface area (Å²) in [5, 5.41) is 11.2. The first-order valence-electron chi connectivity index (χ1n) is 19.4. The first-order valence-corrected chi connectivity index (χ1v) is 23.1. The van der Waals surface area contributed by atoms with Crippen LogP contribution in [0.2, 0.25) is 10.0 Å². The molecule has 0 atom stereocenters. The minimum Gasteiger partial charge on any atom is -0.480 e. The second-order valence-electron chi connectivity index (χ2n) is 15.0. The summed E-state index contributed by atoms with van der Waals surface area (Å²) >= 11 is 11.3. The molecule has 0 spiro atoms. The largest absolute Gasteiger partial charge is 0.573 e. The summed E-state index contributed by atoms with van der Waals surface area (Å²) in [6.45, 7) is 4.11. The van der Waals surface area contributed by atoms with Crippen LogP contribution in [0.4, 0.5) is 46.5 Å². The highest BCUT2D eigenvalue weighted by atomic mass is 35.5. The van der Waals surface area contributed by atoms with E-state index in [4.69, 9.17) is 43.5 Å². The number of nitrogen functional groups attached to an aromatic ring is 1. The lowest BCUT2D eigenvalue weighted by molar-refractivity contribution is -0.275. The van der Waals surface area contributed by atoms with Gasteiger partial charge in [-0.15, -0.1) is 26.3 Å². The molecule has 6 rings (SSSR count). The first kappa shape index (κ1) is 56.6. The minimum atomic E-state index is -5.01. The second-order valence-corrected chi connectivity index (χ2v) is 20.8. The molecule has 0 aliphatic rings. The van der Waals surface area contributed by atoms with E-state index in [-0.39, 0.29) is 27.4 Å². The van der Waals surface area contributed by atoms with Crippen molar-refractivity contribution >= 4 is 66.1 Å². The summed E-state index contributed by atoms with van der Waals surface area (Å²) in [5.41, 5.74) is 6.14. The van der Waals surface area contributed by atoms with Crippen molar-refractivity contribution in [3.63, 3.8) is 0 Å². The van der Waals surface area contributed by atoms with Crippen LogP contribution in [0.5, 0.6) is 34.8 Å². The van der Waals surface area contributed by atoms with Crippen molar-refractivity contribution in [1.82, 2.24) is 9.97 Å². The molecule has 6 aromatic rings. The number of nitrogens with two attached hydrogens (primary N) is 1. The van der Waals surface area contributed by atoms with E-state index < -0.39 is 86.7 Å². The Morgan fingerprint density at radius 3 is 1.38 bits per heavy atom. The van der Waals surface area contributed by atoms with Crippen LogP contribution in [-0.2, 0) is 29.3 Å². The summed E-state index contributed by atoms with van der Waals surface area (Å²) in [5.74, 6) is -4.07. The molecule has 2 heterocycles. The number of nitrogens with zero attached hydrogens (tertiary/aromatic N) is 2. The van der Waals surface area contributed by atoms with E-state index in [0.717, 1.165) is 70.2 Å². The molecule has 380 valence electrons. The number of aliphatic carboxylic acids is 1. The number of rotatable bonds is 13. The lowest BCUT2D eigenvalue weighted by atomic mass is 10.2. The monoisotopic (exact) mass is 1080 g/mol. The third-order valence-electron chi connectivity index (χ3n) is 9.08. The zero-order valence-electron chi connectivity index (χ0n) is 36.6. The number of anilines is 2. The number of ether oxygens (including phenoxy) is 4. The first-order chi connectivity index (χ1) is 32.7. The SMILES string of the molecule is CC(C)(C(=O)Nc1ccc(Oc2ccc(F)c(Cl)c2)nc1)S(=O)(=O)c1cccc(OC(F)(F)F)c1.CC(C)(C(=O)O)S(=O)(=O)c1cccc(OC(F)(F)F)c1.Nc1ccc(Oc2ccc(F)c(Cl)c2)nc1. The molecule has 1 amide bonds. The zero-order valence-corrected chi connectivity index (χ0v) is 39.8. The van der Waals surface area contributed by atoms with Crippen LogP contribution >= 0.6 is 23.2 Å². The van der Waals surface area contributed by atoms with Gasteiger partial charge in [-0.3, -0.25) is 9.59 Å². The minimum absolute atomic E-state index is 0.00736. The predicted molar refractivity (Wildman–Crippen MR) is 241 cm³/mol. The number of alkyl halides is 6. The van der Waals surface area contributed by atoms with Gasteiger partial charge in [0.25, 0.3) is 0 Å². The van der Waals surface area contributed by atoms with E-state index in [1.165, 1.54) is 54.9 Å². The van der Waals surface area contributed by atoms with Gasteiger partial charge < -0.3 is 35.1 Å². The lowest BCUT2D eigenvalue weighted by Gasteiger charge is -2.24. The Morgan fingerprint density at radius 2 is 1.01 bits per heavy atom. The predicted octanol–water partition coefficient (Wildman–Crippen LogP) is 11.2. The fourth-order valence-electron chi connectivity index (χ4n) is 5.07. The van der Waals surface area contributed by atoms with E-state index in [1.54, 1.807) is 12.1 Å². The van der Waals surface area contributed by atoms with Crippen molar-refractivity contribution < 1.29 is 85.6 Å². The number of benzene rings is 4. The Hall–Kier alpha value is -6.96. The molecule has 27 heteroatoms. The van der Waals surface area contributed by atoms with E-state index in [9.17, 15) is 61.5 Å². The zero-order chi connectivity index (χ0) is 53.3. The highest BCUT2D eigenvalue weighted by Gasteiger charge is 2.45. The van der Waals surface area contributed by atoms with Crippen LogP contribution in [0, 0.1) is 11.6 Å². The fraction of sp³-hybridized carbons (Fsp3) is 0.182. The van der Waals surface area contributed by atoms with Gasteiger partial charge in [0.1, 0.15) is 39.4 Å². The molecule has 2 aromatic heterocycles. The molecule has 4 N–H and O–H groups in total. The topological polar surface area (TPSA) is 223 Å². The number of sulfone groups is 2.